The van der Waals surface area contributed by atoms with Crippen LogP contribution < -0.4 is 10.0 Å². The van der Waals surface area contributed by atoms with Gasteiger partial charge < -0.3 is 0 Å². The Kier molecular flexibility index (Phi) is 6.71. The highest BCUT2D eigenvalue weighted by atomic mass is 32.2. The Morgan fingerprint density at radius 1 is 1.32 bits per heavy atom. The number of hydrogen-bond donors (Lipinski definition) is 2. The molecule has 1 amide bonds. The molecule has 2 N–H and O–H groups in total. The van der Waals surface area contributed by atoms with Crippen LogP contribution in [-0.4, -0.2) is 36.3 Å². The lowest BCUT2D eigenvalue weighted by molar-refractivity contribution is 0.102. The van der Waals surface area contributed by atoms with Crippen LogP contribution in [0.3, 0.4) is 0 Å². The lowest BCUT2D eigenvalue weighted by Crippen LogP contribution is -2.30. The Balaban J connectivity index is 2.05. The summed E-state index contributed by atoms with van der Waals surface area (Å²) in [5, 5.41) is 10.9. The molecule has 0 bridgehead atoms. The zero-order valence-corrected chi connectivity index (χ0v) is 16.2. The second-order valence-electron chi connectivity index (χ2n) is 5.23. The molecule has 0 saturated carbocycles. The highest BCUT2D eigenvalue weighted by Gasteiger charge is 2.16. The van der Waals surface area contributed by atoms with E-state index in [1.165, 1.54) is 47.4 Å². The van der Waals surface area contributed by atoms with Gasteiger partial charge in [0.15, 0.2) is 4.34 Å². The summed E-state index contributed by atoms with van der Waals surface area (Å²) in [7, 11) is -3.58. The summed E-state index contributed by atoms with van der Waals surface area (Å²) < 4.78 is 27.4. The number of nitrogens with one attached hydrogen (secondary N) is 2. The molecule has 0 aliphatic rings. The fourth-order valence-corrected chi connectivity index (χ4v) is 4.54. The van der Waals surface area contributed by atoms with E-state index in [1.54, 1.807) is 19.9 Å². The quantitative estimate of drug-likeness (QED) is 0.403. The average Bonchev–Trinajstić information content (AvgIpc) is 2.99. The van der Waals surface area contributed by atoms with Crippen LogP contribution >= 0.6 is 23.1 Å². The molecule has 1 aromatic heterocycles. The largest absolute Gasteiger partial charge is 0.296 e. The van der Waals surface area contributed by atoms with Crippen LogP contribution in [0.2, 0.25) is 0 Å². The van der Waals surface area contributed by atoms with Crippen molar-refractivity contribution in [3.05, 3.63) is 42.5 Å². The SMILES string of the molecule is C=CCSc1nnc(NC(=O)c2ccc(S(=O)(=O)NC(C)C)cc2)s1. The van der Waals surface area contributed by atoms with Gasteiger partial charge in [-0.3, -0.25) is 10.1 Å². The molecule has 0 saturated heterocycles. The van der Waals surface area contributed by atoms with Crippen molar-refractivity contribution < 1.29 is 13.2 Å². The average molecular weight is 399 g/mol. The number of carbonyl (C=O) groups is 1. The van der Waals surface area contributed by atoms with Gasteiger partial charge in [-0.15, -0.1) is 16.8 Å². The summed E-state index contributed by atoms with van der Waals surface area (Å²) in [6.45, 7) is 7.11. The first-order chi connectivity index (χ1) is 11.8. The molecule has 2 rings (SSSR count). The van der Waals surface area contributed by atoms with Gasteiger partial charge in [0, 0.05) is 17.4 Å². The van der Waals surface area contributed by atoms with Gasteiger partial charge >= 0.3 is 0 Å². The van der Waals surface area contributed by atoms with Crippen LogP contribution in [0.1, 0.15) is 24.2 Å². The summed E-state index contributed by atoms with van der Waals surface area (Å²) in [6, 6.07) is 5.49. The number of sulfonamides is 1. The number of rotatable bonds is 8. The molecule has 0 unspecified atom stereocenters. The van der Waals surface area contributed by atoms with E-state index in [0.717, 1.165) is 4.34 Å². The number of amides is 1. The highest BCUT2D eigenvalue weighted by Crippen LogP contribution is 2.25. The van der Waals surface area contributed by atoms with Crippen molar-refractivity contribution in [1.82, 2.24) is 14.9 Å². The Morgan fingerprint density at radius 3 is 2.60 bits per heavy atom. The molecule has 7 nitrogen and oxygen atoms in total. The van der Waals surface area contributed by atoms with E-state index >= 15 is 0 Å². The molecule has 2 aromatic rings. The molecule has 0 fully saturated rings. The number of aromatic nitrogens is 2. The molecule has 0 aliphatic heterocycles. The summed E-state index contributed by atoms with van der Waals surface area (Å²) in [5.74, 6) is 0.334. The Labute approximate surface area is 155 Å². The zero-order chi connectivity index (χ0) is 18.4. The number of hydrogen-bond acceptors (Lipinski definition) is 7. The van der Waals surface area contributed by atoms with E-state index < -0.39 is 10.0 Å². The Hall–Kier alpha value is -1.75. The zero-order valence-electron chi connectivity index (χ0n) is 13.7. The van der Waals surface area contributed by atoms with Gasteiger partial charge in [0.1, 0.15) is 0 Å². The van der Waals surface area contributed by atoms with Gasteiger partial charge in [0.25, 0.3) is 5.91 Å². The van der Waals surface area contributed by atoms with Crippen molar-refractivity contribution in [3.8, 4) is 0 Å². The van der Waals surface area contributed by atoms with Gasteiger partial charge in [-0.1, -0.05) is 29.2 Å². The van der Waals surface area contributed by atoms with Crippen molar-refractivity contribution in [2.75, 3.05) is 11.1 Å². The monoisotopic (exact) mass is 398 g/mol. The van der Waals surface area contributed by atoms with Crippen LogP contribution in [0.5, 0.6) is 0 Å². The van der Waals surface area contributed by atoms with Crippen molar-refractivity contribution in [3.63, 3.8) is 0 Å². The lowest BCUT2D eigenvalue weighted by atomic mass is 10.2. The van der Waals surface area contributed by atoms with E-state index in [0.29, 0.717) is 16.4 Å². The lowest BCUT2D eigenvalue weighted by Gasteiger charge is -2.09. The predicted molar refractivity (Wildman–Crippen MR) is 101 cm³/mol. The molecule has 0 atom stereocenters. The van der Waals surface area contributed by atoms with E-state index in [2.05, 4.69) is 26.8 Å². The summed E-state index contributed by atoms with van der Waals surface area (Å²) in [4.78, 5) is 12.3. The third-order valence-corrected chi connectivity index (χ3v) is 6.41. The maximum absolute atomic E-state index is 12.2. The normalized spacial score (nSPS) is 11.5. The molecule has 134 valence electrons. The molecule has 0 aliphatic carbocycles. The van der Waals surface area contributed by atoms with Crippen molar-refractivity contribution in [1.29, 1.82) is 0 Å². The van der Waals surface area contributed by atoms with Crippen molar-refractivity contribution in [2.45, 2.75) is 29.1 Å². The first-order valence-electron chi connectivity index (χ1n) is 7.33. The molecule has 0 spiro atoms. The van der Waals surface area contributed by atoms with Crippen LogP contribution in [0.25, 0.3) is 0 Å². The third-order valence-electron chi connectivity index (χ3n) is 2.77. The number of nitrogens with zero attached hydrogens (tertiary/aromatic N) is 2. The fraction of sp³-hybridized carbons (Fsp3) is 0.267. The van der Waals surface area contributed by atoms with E-state index in [9.17, 15) is 13.2 Å². The van der Waals surface area contributed by atoms with E-state index in [4.69, 9.17) is 0 Å². The Bertz CT molecular complexity index is 845. The van der Waals surface area contributed by atoms with E-state index in [-0.39, 0.29) is 16.8 Å². The maximum Gasteiger partial charge on any atom is 0.257 e. The molecule has 1 heterocycles. The minimum Gasteiger partial charge on any atom is -0.296 e. The van der Waals surface area contributed by atoms with Gasteiger partial charge in [0.2, 0.25) is 15.2 Å². The summed E-state index contributed by atoms with van der Waals surface area (Å²) in [5.41, 5.74) is 0.332. The fourth-order valence-electron chi connectivity index (χ4n) is 1.78. The van der Waals surface area contributed by atoms with Crippen molar-refractivity contribution in [2.24, 2.45) is 0 Å². The number of carbonyl (C=O) groups excluding carboxylic acids is 1. The van der Waals surface area contributed by atoms with Crippen molar-refractivity contribution >= 4 is 44.2 Å². The summed E-state index contributed by atoms with van der Waals surface area (Å²) in [6.07, 6.45) is 1.76. The molecule has 25 heavy (non-hydrogen) atoms. The molecular weight excluding hydrogens is 380 g/mol. The molecule has 1 aromatic carbocycles. The van der Waals surface area contributed by atoms with Crippen LogP contribution in [-0.2, 0) is 10.0 Å². The second-order valence-corrected chi connectivity index (χ2v) is 9.19. The number of benzene rings is 1. The van der Waals surface area contributed by atoms with Gasteiger partial charge in [-0.2, -0.15) is 0 Å². The number of thioether (sulfide) groups is 1. The van der Waals surface area contributed by atoms with Crippen LogP contribution in [0.4, 0.5) is 5.13 Å². The standard InChI is InChI=1S/C15H18N4O3S3/c1-4-9-23-15-18-17-14(24-15)16-13(20)11-5-7-12(8-6-11)25(21,22)19-10(2)3/h4-8,10,19H,1,9H2,2-3H3,(H,16,17,20). The van der Waals surface area contributed by atoms with Crippen LogP contribution in [0, 0.1) is 0 Å². The van der Waals surface area contributed by atoms with Crippen LogP contribution in [0.15, 0.2) is 46.2 Å². The first kappa shape index (κ1) is 19.6. The van der Waals surface area contributed by atoms with E-state index in [1.807, 2.05) is 0 Å². The topological polar surface area (TPSA) is 101 Å². The van der Waals surface area contributed by atoms with Gasteiger partial charge in [0.05, 0.1) is 4.90 Å². The summed E-state index contributed by atoms with van der Waals surface area (Å²) >= 11 is 2.74. The molecular formula is C15H18N4O3S3. The van der Waals surface area contributed by atoms with Gasteiger partial charge in [-0.05, 0) is 38.1 Å². The second kappa shape index (κ2) is 8.56. The smallest absolute Gasteiger partial charge is 0.257 e. The minimum absolute atomic E-state index is 0.108. The number of anilines is 1. The Morgan fingerprint density at radius 2 is 2.00 bits per heavy atom. The minimum atomic E-state index is -3.58. The highest BCUT2D eigenvalue weighted by molar-refractivity contribution is 8.01. The predicted octanol–water partition coefficient (Wildman–Crippen LogP) is 2.76. The molecule has 10 heteroatoms. The third kappa shape index (κ3) is 5.63. The molecule has 0 radical (unpaired) electrons. The first-order valence-corrected chi connectivity index (χ1v) is 10.6. The van der Waals surface area contributed by atoms with Gasteiger partial charge in [-0.25, -0.2) is 13.1 Å². The maximum atomic E-state index is 12.2.